The third-order valence-electron chi connectivity index (χ3n) is 2.87. The van der Waals surface area contributed by atoms with Crippen molar-refractivity contribution in [3.8, 4) is 0 Å². The zero-order valence-electron chi connectivity index (χ0n) is 11.4. The van der Waals surface area contributed by atoms with Gasteiger partial charge in [0.25, 0.3) is 0 Å². The van der Waals surface area contributed by atoms with Gasteiger partial charge in [0.2, 0.25) is 0 Å². The number of hydrogen-bond acceptors (Lipinski definition) is 2. The molecule has 0 spiro atoms. The lowest BCUT2D eigenvalue weighted by atomic mass is 10.1. The minimum absolute atomic E-state index is 0.860. The van der Waals surface area contributed by atoms with E-state index in [1.807, 2.05) is 48.8 Å². The molecule has 19 heavy (non-hydrogen) atoms. The average Bonchev–Trinajstić information content (AvgIpc) is 2.47. The molecular weight excluding hydrogens is 232 g/mol. The number of allylic oxidation sites excluding steroid dienone is 4. The predicted octanol–water partition coefficient (Wildman–Crippen LogP) is 4.07. The summed E-state index contributed by atoms with van der Waals surface area (Å²) in [5.74, 6) is 0. The minimum Gasteiger partial charge on any atom is -0.261 e. The average molecular weight is 250 g/mol. The number of hydrogen-bond donors (Lipinski definition) is 0. The largest absolute Gasteiger partial charge is 0.261 e. The highest BCUT2D eigenvalue weighted by molar-refractivity contribution is 5.63. The van der Waals surface area contributed by atoms with Crippen molar-refractivity contribution in [2.24, 2.45) is 0 Å². The summed E-state index contributed by atoms with van der Waals surface area (Å²) in [6, 6.07) is 12.0. The van der Waals surface area contributed by atoms with Crippen LogP contribution in [0.15, 0.2) is 66.5 Å². The van der Waals surface area contributed by atoms with Crippen molar-refractivity contribution >= 4 is 5.57 Å². The van der Waals surface area contributed by atoms with E-state index in [4.69, 9.17) is 0 Å². The molecule has 2 heteroatoms. The van der Waals surface area contributed by atoms with Gasteiger partial charge in [-0.05, 0) is 43.7 Å². The van der Waals surface area contributed by atoms with Crippen LogP contribution in [0.2, 0.25) is 0 Å². The standard InChI is InChI=1S/C17H18N2/c1-14(9-10-16-7-3-5-11-18-16)13-15(2)17-8-4-6-12-19-17/h3-9,11-13H,10H2,1-2H3/b14-9-,15-13+. The third-order valence-corrected chi connectivity index (χ3v) is 2.87. The van der Waals surface area contributed by atoms with E-state index in [-0.39, 0.29) is 0 Å². The molecule has 2 rings (SSSR count). The predicted molar refractivity (Wildman–Crippen MR) is 79.6 cm³/mol. The van der Waals surface area contributed by atoms with E-state index in [1.165, 1.54) is 11.1 Å². The van der Waals surface area contributed by atoms with E-state index in [2.05, 4.69) is 36.0 Å². The topological polar surface area (TPSA) is 25.8 Å². The van der Waals surface area contributed by atoms with Crippen LogP contribution in [0.4, 0.5) is 0 Å². The summed E-state index contributed by atoms with van der Waals surface area (Å²) in [5, 5.41) is 0. The molecule has 96 valence electrons. The molecule has 0 atom stereocenters. The highest BCUT2D eigenvalue weighted by Crippen LogP contribution is 2.13. The molecule has 0 aromatic carbocycles. The first-order valence-corrected chi connectivity index (χ1v) is 6.42. The van der Waals surface area contributed by atoms with Gasteiger partial charge < -0.3 is 0 Å². The van der Waals surface area contributed by atoms with Crippen LogP contribution in [0.5, 0.6) is 0 Å². The van der Waals surface area contributed by atoms with Gasteiger partial charge in [0.15, 0.2) is 0 Å². The van der Waals surface area contributed by atoms with Crippen LogP contribution in [0.3, 0.4) is 0 Å². The quantitative estimate of drug-likeness (QED) is 0.764. The second kappa shape index (κ2) is 6.64. The van der Waals surface area contributed by atoms with E-state index in [9.17, 15) is 0 Å². The molecule has 0 bridgehead atoms. The van der Waals surface area contributed by atoms with Crippen molar-refractivity contribution < 1.29 is 0 Å². The molecule has 0 fully saturated rings. The molecule has 0 aliphatic rings. The van der Waals surface area contributed by atoms with Crippen molar-refractivity contribution in [1.29, 1.82) is 0 Å². The molecule has 2 heterocycles. The van der Waals surface area contributed by atoms with Crippen molar-refractivity contribution in [1.82, 2.24) is 9.97 Å². The van der Waals surface area contributed by atoms with Crippen molar-refractivity contribution in [3.05, 3.63) is 77.9 Å². The minimum atomic E-state index is 0.860. The Kier molecular flexibility index (Phi) is 4.62. The summed E-state index contributed by atoms with van der Waals surface area (Å²) in [6.45, 7) is 4.19. The van der Waals surface area contributed by atoms with Gasteiger partial charge in [-0.2, -0.15) is 0 Å². The molecule has 2 nitrogen and oxygen atoms in total. The van der Waals surface area contributed by atoms with E-state index in [0.29, 0.717) is 0 Å². The van der Waals surface area contributed by atoms with Crippen LogP contribution in [0, 0.1) is 0 Å². The molecule has 0 saturated carbocycles. The Morgan fingerprint density at radius 3 is 2.37 bits per heavy atom. The fourth-order valence-electron chi connectivity index (χ4n) is 1.85. The smallest absolute Gasteiger partial charge is 0.0658 e. The molecule has 0 saturated heterocycles. The van der Waals surface area contributed by atoms with Crippen molar-refractivity contribution in [3.63, 3.8) is 0 Å². The number of rotatable bonds is 4. The summed E-state index contributed by atoms with van der Waals surface area (Å²) in [6.07, 6.45) is 8.85. The Bertz CT molecular complexity index is 569. The maximum absolute atomic E-state index is 4.34. The molecule has 0 amide bonds. The summed E-state index contributed by atoms with van der Waals surface area (Å²) in [4.78, 5) is 8.65. The molecule has 2 aromatic rings. The van der Waals surface area contributed by atoms with Crippen molar-refractivity contribution in [2.45, 2.75) is 20.3 Å². The van der Waals surface area contributed by atoms with Crippen LogP contribution in [-0.2, 0) is 6.42 Å². The Hall–Kier alpha value is -2.22. The molecule has 0 aliphatic heterocycles. The molecule has 0 unspecified atom stereocenters. The van der Waals surface area contributed by atoms with Gasteiger partial charge in [0.05, 0.1) is 5.69 Å². The zero-order valence-corrected chi connectivity index (χ0v) is 11.4. The van der Waals surface area contributed by atoms with Crippen molar-refractivity contribution in [2.75, 3.05) is 0 Å². The van der Waals surface area contributed by atoms with Crippen LogP contribution in [0.1, 0.15) is 25.2 Å². The Balaban J connectivity index is 2.06. The molecule has 0 aliphatic carbocycles. The fourth-order valence-corrected chi connectivity index (χ4v) is 1.85. The first-order chi connectivity index (χ1) is 9.25. The lowest BCUT2D eigenvalue weighted by molar-refractivity contribution is 1.10. The Labute approximate surface area is 114 Å². The van der Waals surface area contributed by atoms with Gasteiger partial charge in [0, 0.05) is 24.5 Å². The SMILES string of the molecule is CC(=C/Cc1ccccn1)/C=C(\C)c1ccccn1. The molecular formula is C17H18N2. The van der Waals surface area contributed by atoms with Crippen LogP contribution < -0.4 is 0 Å². The van der Waals surface area contributed by atoms with Gasteiger partial charge in [-0.1, -0.05) is 29.9 Å². The Morgan fingerprint density at radius 1 is 1.00 bits per heavy atom. The monoisotopic (exact) mass is 250 g/mol. The van der Waals surface area contributed by atoms with E-state index in [0.717, 1.165) is 17.8 Å². The van der Waals surface area contributed by atoms with Gasteiger partial charge in [-0.25, -0.2) is 0 Å². The van der Waals surface area contributed by atoms with Gasteiger partial charge >= 0.3 is 0 Å². The van der Waals surface area contributed by atoms with Crippen LogP contribution in [-0.4, -0.2) is 9.97 Å². The van der Waals surface area contributed by atoms with Gasteiger partial charge in [-0.15, -0.1) is 0 Å². The second-order valence-corrected chi connectivity index (χ2v) is 4.52. The summed E-state index contributed by atoms with van der Waals surface area (Å²) in [7, 11) is 0. The lowest BCUT2D eigenvalue weighted by Gasteiger charge is -2.01. The lowest BCUT2D eigenvalue weighted by Crippen LogP contribution is -1.87. The zero-order chi connectivity index (χ0) is 13.5. The fraction of sp³-hybridized carbons (Fsp3) is 0.176. The first-order valence-electron chi connectivity index (χ1n) is 6.42. The normalized spacial score (nSPS) is 12.5. The van der Waals surface area contributed by atoms with E-state index in [1.54, 1.807) is 0 Å². The van der Waals surface area contributed by atoms with Gasteiger partial charge in [-0.3, -0.25) is 9.97 Å². The highest BCUT2D eigenvalue weighted by atomic mass is 14.7. The second-order valence-electron chi connectivity index (χ2n) is 4.52. The maximum Gasteiger partial charge on any atom is 0.0658 e. The molecule has 2 aromatic heterocycles. The summed E-state index contributed by atoms with van der Waals surface area (Å²) in [5.41, 5.74) is 4.52. The van der Waals surface area contributed by atoms with E-state index >= 15 is 0 Å². The summed E-state index contributed by atoms with van der Waals surface area (Å²) >= 11 is 0. The highest BCUT2D eigenvalue weighted by Gasteiger charge is 1.96. The van der Waals surface area contributed by atoms with Gasteiger partial charge in [0.1, 0.15) is 0 Å². The van der Waals surface area contributed by atoms with Crippen LogP contribution >= 0.6 is 0 Å². The number of pyridine rings is 2. The maximum atomic E-state index is 4.34. The third kappa shape index (κ3) is 4.18. The number of aromatic nitrogens is 2. The van der Waals surface area contributed by atoms with E-state index < -0.39 is 0 Å². The number of nitrogens with zero attached hydrogens (tertiary/aromatic N) is 2. The first kappa shape index (κ1) is 13.2. The molecule has 0 radical (unpaired) electrons. The summed E-state index contributed by atoms with van der Waals surface area (Å²) < 4.78 is 0. The Morgan fingerprint density at radius 2 is 1.74 bits per heavy atom. The molecule has 0 N–H and O–H groups in total. The van der Waals surface area contributed by atoms with Crippen LogP contribution in [0.25, 0.3) is 5.57 Å².